The number of imide groups is 1. The molecule has 10 rings (SSSR count). The summed E-state index contributed by atoms with van der Waals surface area (Å²) in [5.74, 6) is -0.324. The van der Waals surface area contributed by atoms with Gasteiger partial charge < -0.3 is 14.9 Å². The van der Waals surface area contributed by atoms with E-state index in [0.717, 1.165) is 145 Å². The number of aromatic nitrogens is 4. The Bertz CT molecular complexity index is 3740. The summed E-state index contributed by atoms with van der Waals surface area (Å²) in [7, 11) is 0. The number of rotatable bonds is 24. The molecule has 0 atom stereocenters. The Kier molecular flexibility index (Phi) is 22.4. The number of benzene rings is 3. The fraction of sp³-hybridized carbons (Fsp3) is 0.506. The SMILES string of the molecule is CCCCCCC1=C(C)c2nc1cc1[n-]c(c(C)c1CCCCCC)c(-c1ccc(N3CCC(N4C(=O)c5ccccc5C4=O)CC3)cc1)c1nc(cc3[n-]c(c(C)c3CCCCCC)c2-c2cc(C(C)(C)C)cc(C(C)(C)C)c2)C(CCCCCC)=C1C.[Zn+2]. The second kappa shape index (κ2) is 29.6. The molecule has 0 N–H and O–H groups in total. The van der Waals surface area contributed by atoms with E-state index in [1.54, 1.807) is 12.1 Å². The number of hydrogen-bond donors (Lipinski definition) is 0. The zero-order valence-corrected chi connectivity index (χ0v) is 60.7. The van der Waals surface area contributed by atoms with E-state index in [2.05, 4.69) is 156 Å². The van der Waals surface area contributed by atoms with Crippen LogP contribution in [0.15, 0.2) is 78.9 Å². The number of nitrogens with zero attached hydrogens (tertiary/aromatic N) is 6. The van der Waals surface area contributed by atoms with Crippen molar-refractivity contribution >= 4 is 61.9 Å². The second-order valence-electron chi connectivity index (χ2n) is 28.7. The Morgan fingerprint density at radius 3 is 1.29 bits per heavy atom. The van der Waals surface area contributed by atoms with Crippen LogP contribution in [-0.2, 0) is 43.1 Å². The zero-order valence-electron chi connectivity index (χ0n) is 57.8. The van der Waals surface area contributed by atoms with Crippen LogP contribution >= 0.6 is 0 Å². The van der Waals surface area contributed by atoms with Crippen LogP contribution in [0.3, 0.4) is 0 Å². The van der Waals surface area contributed by atoms with Gasteiger partial charge in [-0.3, -0.25) is 14.5 Å². The predicted molar refractivity (Wildman–Crippen MR) is 377 cm³/mol. The maximum atomic E-state index is 13.6. The summed E-state index contributed by atoms with van der Waals surface area (Å²) in [6.07, 6.45) is 23.9. The number of aryl methyl sites for hydroxylation is 4. The second-order valence-corrected chi connectivity index (χ2v) is 28.7. The fourth-order valence-electron chi connectivity index (χ4n) is 14.5. The molecule has 3 aromatic heterocycles. The minimum atomic E-state index is -0.162. The summed E-state index contributed by atoms with van der Waals surface area (Å²) in [5.41, 5.74) is 27.6. The summed E-state index contributed by atoms with van der Waals surface area (Å²) >= 11 is 0. The molecule has 472 valence electrons. The van der Waals surface area contributed by atoms with E-state index in [1.165, 1.54) is 143 Å². The van der Waals surface area contributed by atoms with Gasteiger partial charge in [-0.25, -0.2) is 9.97 Å². The van der Waals surface area contributed by atoms with Gasteiger partial charge in [0.15, 0.2) is 0 Å². The van der Waals surface area contributed by atoms with E-state index < -0.39 is 0 Å². The molecule has 90 heavy (non-hydrogen) atoms. The molecule has 9 heteroatoms. The van der Waals surface area contributed by atoms with Crippen molar-refractivity contribution < 1.29 is 29.1 Å². The molecule has 3 aromatic carbocycles. The molecule has 0 unspecified atom stereocenters. The first-order valence-electron chi connectivity index (χ1n) is 34.9. The molecule has 2 amide bonds. The maximum absolute atomic E-state index is 13.6. The van der Waals surface area contributed by atoms with Crippen LogP contribution < -0.4 is 14.9 Å². The van der Waals surface area contributed by atoms with Gasteiger partial charge in [0.2, 0.25) is 0 Å². The van der Waals surface area contributed by atoms with E-state index in [4.69, 9.17) is 19.9 Å². The number of fused-ring (bicyclic) bond motifs is 9. The van der Waals surface area contributed by atoms with E-state index in [9.17, 15) is 9.59 Å². The van der Waals surface area contributed by atoms with E-state index >= 15 is 0 Å². The number of hydrogen-bond acceptors (Lipinski definition) is 5. The molecule has 0 radical (unpaired) electrons. The van der Waals surface area contributed by atoms with E-state index in [-0.39, 0.29) is 48.2 Å². The van der Waals surface area contributed by atoms with Crippen molar-refractivity contribution in [3.63, 3.8) is 0 Å². The maximum Gasteiger partial charge on any atom is 2.00 e. The van der Waals surface area contributed by atoms with Crippen LogP contribution in [0.1, 0.15) is 288 Å². The van der Waals surface area contributed by atoms with Gasteiger partial charge in [0.1, 0.15) is 0 Å². The van der Waals surface area contributed by atoms with Crippen molar-refractivity contribution in [2.24, 2.45) is 0 Å². The van der Waals surface area contributed by atoms with Crippen molar-refractivity contribution in [2.45, 2.75) is 255 Å². The van der Waals surface area contributed by atoms with Crippen LogP contribution in [0, 0.1) is 13.8 Å². The number of carbonyl (C=O) groups is 2. The van der Waals surface area contributed by atoms with Gasteiger partial charge in [0.05, 0.1) is 33.9 Å². The van der Waals surface area contributed by atoms with Crippen molar-refractivity contribution in [3.8, 4) is 22.3 Å². The van der Waals surface area contributed by atoms with Crippen LogP contribution in [-0.4, -0.2) is 45.8 Å². The molecular formula is C81H104N6O2Zn. The Balaban J connectivity index is 0.00000960. The first-order chi connectivity index (χ1) is 42.8. The predicted octanol–water partition coefficient (Wildman–Crippen LogP) is 21.4. The summed E-state index contributed by atoms with van der Waals surface area (Å²) in [6, 6.07) is 28.5. The third kappa shape index (κ3) is 14.4. The number of amides is 2. The zero-order chi connectivity index (χ0) is 63.3. The molecule has 8 nitrogen and oxygen atoms in total. The molecule has 8 bridgehead atoms. The molecule has 7 heterocycles. The van der Waals surface area contributed by atoms with Crippen LogP contribution in [0.4, 0.5) is 5.69 Å². The van der Waals surface area contributed by atoms with Crippen molar-refractivity contribution in [1.82, 2.24) is 24.8 Å². The molecule has 4 aliphatic rings. The average Bonchev–Trinajstić information content (AvgIpc) is 1.57. The summed E-state index contributed by atoms with van der Waals surface area (Å²) < 4.78 is 0. The molecule has 0 aliphatic carbocycles. The Hall–Kier alpha value is -6.18. The standard InChI is InChI=1S/C81H104N6O2.Zn/c1-15-19-23-27-33-62-52(5)74-72(56-39-41-60(42-40-56)86-45-43-61(44-46-86)87-78(88)66-37-31-32-38-67(66)79(87)89)75-53(6)63(34-28-24-20-16-2)69(83-75)51-71-65(36-30-26-22-18-4)55(8)77(85-71)73(57-47-58(80(9,10)11)49-59(48-57)81(12,13)14)76-54(7)64(35-29-25-21-17-3)70(84-76)50-68(62)82-74;/h31-32,37-42,47-51,61H,15-30,33-36,43-46H2,1-14H3;/q-2;+2. The van der Waals surface area contributed by atoms with Crippen molar-refractivity contribution in [3.05, 3.63) is 146 Å². The van der Waals surface area contributed by atoms with E-state index in [1.807, 2.05) is 12.1 Å². The average molecular weight is 1260 g/mol. The number of allylic oxidation sites excluding steroid dienone is 4. The first-order valence-corrected chi connectivity index (χ1v) is 34.9. The quantitative estimate of drug-likeness (QED) is 0.0338. The molecule has 1 fully saturated rings. The Morgan fingerprint density at radius 1 is 0.489 bits per heavy atom. The normalized spacial score (nSPS) is 14.8. The number of unbranched alkanes of at least 4 members (excludes halogenated alkanes) is 12. The summed E-state index contributed by atoms with van der Waals surface area (Å²) in [6.45, 7) is 34.2. The van der Waals surface area contributed by atoms with Gasteiger partial charge in [-0.15, -0.1) is 22.1 Å². The number of piperidine rings is 1. The summed E-state index contributed by atoms with van der Waals surface area (Å²) in [5, 5.41) is 0. The molecular weight excluding hydrogens is 1150 g/mol. The molecule has 0 saturated carbocycles. The molecule has 1 saturated heterocycles. The minimum Gasteiger partial charge on any atom is -0.657 e. The third-order valence-electron chi connectivity index (χ3n) is 20.1. The van der Waals surface area contributed by atoms with Gasteiger partial charge in [0, 0.05) is 24.8 Å². The summed E-state index contributed by atoms with van der Waals surface area (Å²) in [4.78, 5) is 55.1. The van der Waals surface area contributed by atoms with Gasteiger partial charge in [0.25, 0.3) is 11.8 Å². The number of carbonyl (C=O) groups excluding carboxylic acids is 2. The Labute approximate surface area is 553 Å². The Morgan fingerprint density at radius 2 is 0.889 bits per heavy atom. The largest absolute Gasteiger partial charge is 2.00 e. The smallest absolute Gasteiger partial charge is 0.657 e. The monoisotopic (exact) mass is 1260 g/mol. The third-order valence-corrected chi connectivity index (χ3v) is 20.1. The first kappa shape index (κ1) is 68.2. The van der Waals surface area contributed by atoms with Crippen LogP contribution in [0.2, 0.25) is 0 Å². The van der Waals surface area contributed by atoms with Crippen LogP contribution in [0.25, 0.3) is 66.6 Å². The van der Waals surface area contributed by atoms with Gasteiger partial charge in [-0.05, 0) is 183 Å². The van der Waals surface area contributed by atoms with Gasteiger partial charge >= 0.3 is 19.5 Å². The van der Waals surface area contributed by atoms with Gasteiger partial charge in [-0.2, -0.15) is 0 Å². The van der Waals surface area contributed by atoms with Crippen molar-refractivity contribution in [1.29, 1.82) is 0 Å². The van der Waals surface area contributed by atoms with E-state index in [0.29, 0.717) is 11.1 Å². The minimum absolute atomic E-state index is 0. The number of anilines is 1. The fourth-order valence-corrected chi connectivity index (χ4v) is 14.5. The van der Waals surface area contributed by atoms with Crippen LogP contribution in [0.5, 0.6) is 0 Å². The van der Waals surface area contributed by atoms with Crippen molar-refractivity contribution in [2.75, 3.05) is 18.0 Å². The molecule has 0 spiro atoms. The molecule has 4 aliphatic heterocycles. The topological polar surface area (TPSA) is 94.6 Å². The molecule has 6 aromatic rings. The van der Waals surface area contributed by atoms with Gasteiger partial charge in [-0.1, -0.05) is 223 Å².